The van der Waals surface area contributed by atoms with Crippen LogP contribution >= 0.6 is 11.3 Å². The molecule has 2 rings (SSSR count). The summed E-state index contributed by atoms with van der Waals surface area (Å²) >= 11 is 1.30. The Morgan fingerprint density at radius 3 is 2.91 bits per heavy atom. The Morgan fingerprint density at radius 2 is 2.23 bits per heavy atom. The number of carbonyl (C=O) groups excluding carboxylic acids is 1. The smallest absolute Gasteiger partial charge is 0.414 e. The Morgan fingerprint density at radius 1 is 1.45 bits per heavy atom. The van der Waals surface area contributed by atoms with Crippen LogP contribution in [0.5, 0.6) is 0 Å². The number of unbranched alkanes of at least 4 members (excludes halogenated alkanes) is 1. The zero-order chi connectivity index (χ0) is 16.1. The first-order valence-electron chi connectivity index (χ1n) is 7.01. The lowest BCUT2D eigenvalue weighted by Gasteiger charge is -2.15. The van der Waals surface area contributed by atoms with E-state index in [4.69, 9.17) is 4.74 Å². The van der Waals surface area contributed by atoms with Crippen molar-refractivity contribution in [2.24, 2.45) is 0 Å². The number of pyridine rings is 1. The van der Waals surface area contributed by atoms with Gasteiger partial charge in [0.25, 0.3) is 0 Å². The predicted molar refractivity (Wildman–Crippen MR) is 84.7 cm³/mol. The van der Waals surface area contributed by atoms with Crippen LogP contribution in [0.1, 0.15) is 25.5 Å². The van der Waals surface area contributed by atoms with Gasteiger partial charge in [0.1, 0.15) is 15.8 Å². The largest absolute Gasteiger partial charge is 0.449 e. The van der Waals surface area contributed by atoms with E-state index in [0.29, 0.717) is 27.9 Å². The Balaban J connectivity index is 2.17. The van der Waals surface area contributed by atoms with E-state index in [0.717, 1.165) is 19.0 Å². The lowest BCUT2D eigenvalue weighted by molar-refractivity contribution is 0.153. The molecule has 0 N–H and O–H groups in total. The third-order valence-corrected chi connectivity index (χ3v) is 4.31. The molecule has 0 spiro atoms. The number of thiazole rings is 1. The highest BCUT2D eigenvalue weighted by Crippen LogP contribution is 2.34. The van der Waals surface area contributed by atoms with Crippen LogP contribution in [-0.4, -0.2) is 29.7 Å². The highest BCUT2D eigenvalue weighted by atomic mass is 32.1. The van der Waals surface area contributed by atoms with Gasteiger partial charge in [0, 0.05) is 18.8 Å². The molecule has 0 atom stereocenters. The second kappa shape index (κ2) is 7.31. The first-order valence-corrected chi connectivity index (χ1v) is 7.83. The van der Waals surface area contributed by atoms with Crippen LogP contribution in [-0.2, 0) is 4.74 Å². The summed E-state index contributed by atoms with van der Waals surface area (Å²) < 4.78 is 18.4. The Kier molecular flexibility index (Phi) is 5.43. The highest BCUT2D eigenvalue weighted by Gasteiger charge is 2.19. The summed E-state index contributed by atoms with van der Waals surface area (Å²) in [7, 11) is 1.64. The molecule has 0 radical (unpaired) electrons. The standard InChI is InChI=1S/C15H18FN3O2S/c1-4-5-6-21-15(20)19(3)14-10(2)18-13(22-14)11-7-12(16)9-17-8-11/h7-9H,4-6H2,1-3H3. The number of halogens is 1. The van der Waals surface area contributed by atoms with Crippen molar-refractivity contribution in [3.63, 3.8) is 0 Å². The van der Waals surface area contributed by atoms with Crippen molar-refractivity contribution in [1.82, 2.24) is 9.97 Å². The van der Waals surface area contributed by atoms with Gasteiger partial charge in [-0.05, 0) is 19.4 Å². The zero-order valence-electron chi connectivity index (χ0n) is 12.8. The summed E-state index contributed by atoms with van der Waals surface area (Å²) in [5, 5.41) is 1.30. The summed E-state index contributed by atoms with van der Waals surface area (Å²) in [6.45, 7) is 4.24. The molecule has 5 nitrogen and oxygen atoms in total. The summed E-state index contributed by atoms with van der Waals surface area (Å²) in [6.07, 6.45) is 4.07. The Labute approximate surface area is 132 Å². The number of hydrogen-bond donors (Lipinski definition) is 0. The van der Waals surface area contributed by atoms with Crippen molar-refractivity contribution in [2.75, 3.05) is 18.6 Å². The van der Waals surface area contributed by atoms with E-state index in [1.165, 1.54) is 22.3 Å². The molecule has 2 aromatic rings. The number of aromatic nitrogens is 2. The SMILES string of the molecule is CCCCOC(=O)N(C)c1sc(-c2cncc(F)c2)nc1C. The van der Waals surface area contributed by atoms with E-state index < -0.39 is 11.9 Å². The van der Waals surface area contributed by atoms with Crippen molar-refractivity contribution < 1.29 is 13.9 Å². The van der Waals surface area contributed by atoms with Crippen LogP contribution in [0, 0.1) is 12.7 Å². The predicted octanol–water partition coefficient (Wildman–Crippen LogP) is 4.03. The summed E-state index contributed by atoms with van der Waals surface area (Å²) in [6, 6.07) is 1.37. The maximum Gasteiger partial charge on any atom is 0.414 e. The summed E-state index contributed by atoms with van der Waals surface area (Å²) in [5.41, 5.74) is 1.28. The van der Waals surface area contributed by atoms with E-state index in [-0.39, 0.29) is 0 Å². The third kappa shape index (κ3) is 3.79. The number of ether oxygens (including phenoxy) is 1. The van der Waals surface area contributed by atoms with Crippen LogP contribution in [0.4, 0.5) is 14.2 Å². The first-order chi connectivity index (χ1) is 10.5. The fraction of sp³-hybridized carbons (Fsp3) is 0.400. The quantitative estimate of drug-likeness (QED) is 0.780. The molecule has 0 fully saturated rings. The molecule has 0 bridgehead atoms. The molecule has 7 heteroatoms. The van der Waals surface area contributed by atoms with Crippen LogP contribution in [0.25, 0.3) is 10.6 Å². The van der Waals surface area contributed by atoms with E-state index in [9.17, 15) is 9.18 Å². The van der Waals surface area contributed by atoms with Gasteiger partial charge in [0.05, 0.1) is 18.5 Å². The highest BCUT2D eigenvalue weighted by molar-refractivity contribution is 7.19. The topological polar surface area (TPSA) is 55.3 Å². The van der Waals surface area contributed by atoms with Gasteiger partial charge in [0.15, 0.2) is 0 Å². The van der Waals surface area contributed by atoms with Gasteiger partial charge in [-0.1, -0.05) is 24.7 Å². The van der Waals surface area contributed by atoms with Crippen molar-refractivity contribution in [1.29, 1.82) is 0 Å². The second-order valence-electron chi connectivity index (χ2n) is 4.83. The van der Waals surface area contributed by atoms with Gasteiger partial charge in [-0.15, -0.1) is 0 Å². The molecule has 118 valence electrons. The minimum Gasteiger partial charge on any atom is -0.449 e. The van der Waals surface area contributed by atoms with Crippen molar-refractivity contribution in [2.45, 2.75) is 26.7 Å². The van der Waals surface area contributed by atoms with E-state index in [1.54, 1.807) is 20.2 Å². The van der Waals surface area contributed by atoms with Crippen LogP contribution in [0.3, 0.4) is 0 Å². The van der Waals surface area contributed by atoms with Crippen LogP contribution in [0.2, 0.25) is 0 Å². The summed E-state index contributed by atoms with van der Waals surface area (Å²) in [4.78, 5) is 21.6. The second-order valence-corrected chi connectivity index (χ2v) is 5.81. The molecule has 0 unspecified atom stereocenters. The molecule has 0 aliphatic heterocycles. The average molecular weight is 323 g/mol. The number of nitrogens with zero attached hydrogens (tertiary/aromatic N) is 3. The average Bonchev–Trinajstić information content (AvgIpc) is 2.88. The van der Waals surface area contributed by atoms with E-state index in [1.807, 2.05) is 6.92 Å². The van der Waals surface area contributed by atoms with Crippen LogP contribution < -0.4 is 4.90 Å². The molecule has 2 aromatic heterocycles. The van der Waals surface area contributed by atoms with Gasteiger partial charge in [0.2, 0.25) is 0 Å². The van der Waals surface area contributed by atoms with Gasteiger partial charge >= 0.3 is 6.09 Å². The fourth-order valence-electron chi connectivity index (χ4n) is 1.84. The van der Waals surface area contributed by atoms with Crippen LogP contribution in [0.15, 0.2) is 18.5 Å². The minimum atomic E-state index is -0.417. The molecular formula is C15H18FN3O2S. The monoisotopic (exact) mass is 323 g/mol. The molecule has 22 heavy (non-hydrogen) atoms. The molecule has 0 aliphatic rings. The third-order valence-electron chi connectivity index (χ3n) is 3.03. The van der Waals surface area contributed by atoms with Gasteiger partial charge in [-0.25, -0.2) is 14.2 Å². The number of amides is 1. The normalized spacial score (nSPS) is 10.5. The molecule has 0 saturated heterocycles. The minimum absolute atomic E-state index is 0.401. The summed E-state index contributed by atoms with van der Waals surface area (Å²) in [5.74, 6) is -0.417. The Hall–Kier alpha value is -2.02. The molecular weight excluding hydrogens is 305 g/mol. The number of anilines is 1. The van der Waals surface area contributed by atoms with Gasteiger partial charge in [-0.3, -0.25) is 9.88 Å². The van der Waals surface area contributed by atoms with Crippen molar-refractivity contribution >= 4 is 22.4 Å². The zero-order valence-corrected chi connectivity index (χ0v) is 13.6. The van der Waals surface area contributed by atoms with Crippen molar-refractivity contribution in [3.8, 4) is 10.6 Å². The molecule has 2 heterocycles. The lowest BCUT2D eigenvalue weighted by Crippen LogP contribution is -2.27. The van der Waals surface area contributed by atoms with Gasteiger partial charge < -0.3 is 4.74 Å². The van der Waals surface area contributed by atoms with Gasteiger partial charge in [-0.2, -0.15) is 0 Å². The lowest BCUT2D eigenvalue weighted by atomic mass is 10.3. The maximum absolute atomic E-state index is 13.2. The Bertz CT molecular complexity index is 660. The fourth-order valence-corrected chi connectivity index (χ4v) is 2.84. The molecule has 1 amide bonds. The van der Waals surface area contributed by atoms with Crippen molar-refractivity contribution in [3.05, 3.63) is 30.0 Å². The van der Waals surface area contributed by atoms with E-state index >= 15 is 0 Å². The number of rotatable bonds is 5. The van der Waals surface area contributed by atoms with E-state index in [2.05, 4.69) is 9.97 Å². The molecule has 0 aromatic carbocycles. The number of aryl methyl sites for hydroxylation is 1. The number of carbonyl (C=O) groups is 1. The molecule has 0 aliphatic carbocycles. The first kappa shape index (κ1) is 16.4. The maximum atomic E-state index is 13.2. The molecule has 0 saturated carbocycles. The number of hydrogen-bond acceptors (Lipinski definition) is 5.